The number of rotatable bonds is 1. The van der Waals surface area contributed by atoms with Crippen LogP contribution in [0.1, 0.15) is 33.7 Å². The maximum Gasteiger partial charge on any atom is 0.121 e. The first-order chi connectivity index (χ1) is 5.43. The van der Waals surface area contributed by atoms with E-state index in [9.17, 15) is 0 Å². The predicted molar refractivity (Wildman–Crippen MR) is 50.8 cm³/mol. The van der Waals surface area contributed by atoms with Gasteiger partial charge in [0.25, 0.3) is 0 Å². The van der Waals surface area contributed by atoms with E-state index < -0.39 is 0 Å². The monoisotopic (exact) mass is 167 g/mol. The molecule has 1 rings (SSSR count). The summed E-state index contributed by atoms with van der Waals surface area (Å²) < 4.78 is 1.86. The predicted octanol–water partition coefficient (Wildman–Crippen LogP) is 2.07. The molecule has 0 radical (unpaired) electrons. The summed E-state index contributed by atoms with van der Waals surface area (Å²) in [6.45, 7) is 8.67. The van der Waals surface area contributed by atoms with Gasteiger partial charge >= 0.3 is 0 Å². The van der Waals surface area contributed by atoms with Crippen molar-refractivity contribution in [3.63, 3.8) is 0 Å². The Balaban J connectivity index is 2.92. The molecule has 0 saturated heterocycles. The smallest absolute Gasteiger partial charge is 0.121 e. The summed E-state index contributed by atoms with van der Waals surface area (Å²) in [5, 5.41) is 4.17. The van der Waals surface area contributed by atoms with Gasteiger partial charge in [0.15, 0.2) is 0 Å². The topological polar surface area (TPSA) is 43.8 Å². The Morgan fingerprint density at radius 3 is 2.42 bits per heavy atom. The van der Waals surface area contributed by atoms with Crippen molar-refractivity contribution in [2.45, 2.75) is 33.7 Å². The van der Waals surface area contributed by atoms with Crippen molar-refractivity contribution in [3.05, 3.63) is 12.3 Å². The SMILES string of the molecule is C[C@H](n1nccc1N)C(C)(C)C. The molecule has 1 heterocycles. The summed E-state index contributed by atoms with van der Waals surface area (Å²) in [4.78, 5) is 0. The van der Waals surface area contributed by atoms with Crippen LogP contribution in [-0.4, -0.2) is 9.78 Å². The van der Waals surface area contributed by atoms with E-state index in [0.29, 0.717) is 6.04 Å². The second-order valence-electron chi connectivity index (χ2n) is 4.24. The normalized spacial score (nSPS) is 14.7. The summed E-state index contributed by atoms with van der Waals surface area (Å²) in [7, 11) is 0. The Morgan fingerprint density at radius 1 is 1.50 bits per heavy atom. The van der Waals surface area contributed by atoms with Crippen LogP contribution in [-0.2, 0) is 0 Å². The van der Waals surface area contributed by atoms with Crippen molar-refractivity contribution in [2.75, 3.05) is 5.73 Å². The standard InChI is InChI=1S/C9H17N3/c1-7(9(2,3)4)12-8(10)5-6-11-12/h5-7H,10H2,1-4H3/t7-/m0/s1. The quantitative estimate of drug-likeness (QED) is 0.695. The van der Waals surface area contributed by atoms with Crippen molar-refractivity contribution in [1.29, 1.82) is 0 Å². The van der Waals surface area contributed by atoms with Gasteiger partial charge in [0.05, 0.1) is 12.2 Å². The molecule has 0 aliphatic carbocycles. The molecule has 12 heavy (non-hydrogen) atoms. The molecule has 0 aromatic carbocycles. The molecule has 0 fully saturated rings. The number of nitrogens with zero attached hydrogens (tertiary/aromatic N) is 2. The Labute approximate surface area is 73.6 Å². The summed E-state index contributed by atoms with van der Waals surface area (Å²) in [6.07, 6.45) is 1.73. The van der Waals surface area contributed by atoms with E-state index >= 15 is 0 Å². The van der Waals surface area contributed by atoms with E-state index in [1.807, 2.05) is 10.7 Å². The Morgan fingerprint density at radius 2 is 2.08 bits per heavy atom. The van der Waals surface area contributed by atoms with Crippen molar-refractivity contribution < 1.29 is 0 Å². The second kappa shape index (κ2) is 2.81. The summed E-state index contributed by atoms with van der Waals surface area (Å²) in [5.41, 5.74) is 5.93. The molecule has 1 aromatic rings. The van der Waals surface area contributed by atoms with Crippen LogP contribution in [0, 0.1) is 5.41 Å². The van der Waals surface area contributed by atoms with Crippen LogP contribution in [0.2, 0.25) is 0 Å². The number of nitrogen functional groups attached to an aromatic ring is 1. The van der Waals surface area contributed by atoms with Crippen molar-refractivity contribution in [3.8, 4) is 0 Å². The highest BCUT2D eigenvalue weighted by Crippen LogP contribution is 2.30. The lowest BCUT2D eigenvalue weighted by molar-refractivity contribution is 0.247. The fourth-order valence-corrected chi connectivity index (χ4v) is 1.02. The lowest BCUT2D eigenvalue weighted by atomic mass is 9.88. The highest BCUT2D eigenvalue weighted by atomic mass is 15.3. The van der Waals surface area contributed by atoms with E-state index in [-0.39, 0.29) is 5.41 Å². The average Bonchev–Trinajstić information content (AvgIpc) is 2.31. The zero-order valence-corrected chi connectivity index (χ0v) is 8.20. The van der Waals surface area contributed by atoms with Gasteiger partial charge in [-0.2, -0.15) is 5.10 Å². The van der Waals surface area contributed by atoms with E-state index in [1.165, 1.54) is 0 Å². The molecule has 3 heteroatoms. The van der Waals surface area contributed by atoms with E-state index in [1.54, 1.807) is 6.20 Å². The van der Waals surface area contributed by atoms with Crippen LogP contribution < -0.4 is 5.73 Å². The zero-order chi connectivity index (χ0) is 9.35. The van der Waals surface area contributed by atoms with Gasteiger partial charge in [0.1, 0.15) is 5.82 Å². The first kappa shape index (κ1) is 9.10. The van der Waals surface area contributed by atoms with Crippen LogP contribution in [0.15, 0.2) is 12.3 Å². The number of hydrogen-bond acceptors (Lipinski definition) is 2. The maximum atomic E-state index is 5.74. The highest BCUT2D eigenvalue weighted by molar-refractivity contribution is 5.26. The highest BCUT2D eigenvalue weighted by Gasteiger charge is 2.23. The van der Waals surface area contributed by atoms with Crippen LogP contribution in [0.4, 0.5) is 5.82 Å². The van der Waals surface area contributed by atoms with Crippen molar-refractivity contribution in [1.82, 2.24) is 9.78 Å². The largest absolute Gasteiger partial charge is 0.384 e. The molecule has 68 valence electrons. The summed E-state index contributed by atoms with van der Waals surface area (Å²) >= 11 is 0. The summed E-state index contributed by atoms with van der Waals surface area (Å²) in [5.74, 6) is 0.734. The van der Waals surface area contributed by atoms with Crippen LogP contribution in [0.3, 0.4) is 0 Å². The molecule has 0 amide bonds. The fourth-order valence-electron chi connectivity index (χ4n) is 1.02. The zero-order valence-electron chi connectivity index (χ0n) is 8.20. The molecule has 3 nitrogen and oxygen atoms in total. The van der Waals surface area contributed by atoms with Gasteiger partial charge in [0.2, 0.25) is 0 Å². The number of anilines is 1. The molecule has 0 aliphatic heterocycles. The fraction of sp³-hybridized carbons (Fsp3) is 0.667. The first-order valence-electron chi connectivity index (χ1n) is 4.22. The van der Waals surface area contributed by atoms with Gasteiger partial charge < -0.3 is 5.73 Å². The van der Waals surface area contributed by atoms with E-state index in [4.69, 9.17) is 5.73 Å². The lowest BCUT2D eigenvalue weighted by Crippen LogP contribution is -2.23. The molecule has 0 spiro atoms. The maximum absolute atomic E-state index is 5.74. The van der Waals surface area contributed by atoms with Crippen LogP contribution >= 0.6 is 0 Å². The van der Waals surface area contributed by atoms with Gasteiger partial charge in [0, 0.05) is 0 Å². The third kappa shape index (κ3) is 1.60. The molecule has 0 unspecified atom stereocenters. The molecular formula is C9H17N3. The van der Waals surface area contributed by atoms with E-state index in [2.05, 4.69) is 32.8 Å². The minimum absolute atomic E-state index is 0.195. The van der Waals surface area contributed by atoms with Gasteiger partial charge in [-0.3, -0.25) is 0 Å². The molecule has 2 N–H and O–H groups in total. The number of nitrogens with two attached hydrogens (primary N) is 1. The van der Waals surface area contributed by atoms with Crippen molar-refractivity contribution in [2.24, 2.45) is 5.41 Å². The van der Waals surface area contributed by atoms with Gasteiger partial charge in [-0.25, -0.2) is 4.68 Å². The minimum atomic E-state index is 0.195. The summed E-state index contributed by atoms with van der Waals surface area (Å²) in [6, 6.07) is 2.15. The number of aromatic nitrogens is 2. The molecule has 1 atom stereocenters. The number of hydrogen-bond donors (Lipinski definition) is 1. The molecule has 0 bridgehead atoms. The third-order valence-corrected chi connectivity index (χ3v) is 2.32. The lowest BCUT2D eigenvalue weighted by Gasteiger charge is -2.28. The first-order valence-corrected chi connectivity index (χ1v) is 4.22. The Kier molecular flexibility index (Phi) is 2.13. The average molecular weight is 167 g/mol. The Bertz CT molecular complexity index is 257. The molecule has 0 saturated carbocycles. The molecule has 0 aliphatic rings. The van der Waals surface area contributed by atoms with Gasteiger partial charge in [-0.15, -0.1) is 0 Å². The van der Waals surface area contributed by atoms with E-state index in [0.717, 1.165) is 5.82 Å². The Hall–Kier alpha value is -0.990. The molecule has 1 aromatic heterocycles. The molecular weight excluding hydrogens is 150 g/mol. The van der Waals surface area contributed by atoms with Crippen molar-refractivity contribution >= 4 is 5.82 Å². The van der Waals surface area contributed by atoms with Crippen LogP contribution in [0.25, 0.3) is 0 Å². The van der Waals surface area contributed by atoms with Gasteiger partial charge in [-0.1, -0.05) is 20.8 Å². The van der Waals surface area contributed by atoms with Gasteiger partial charge in [-0.05, 0) is 18.4 Å². The minimum Gasteiger partial charge on any atom is -0.384 e. The van der Waals surface area contributed by atoms with Crippen LogP contribution in [0.5, 0.6) is 0 Å². The second-order valence-corrected chi connectivity index (χ2v) is 4.24. The third-order valence-electron chi connectivity index (χ3n) is 2.32.